The molecule has 6 nitrogen and oxygen atoms in total. The molecule has 2 aliphatic rings. The van der Waals surface area contributed by atoms with E-state index in [1.165, 1.54) is 0 Å². The van der Waals surface area contributed by atoms with Crippen LogP contribution in [0, 0.1) is 11.3 Å². The van der Waals surface area contributed by atoms with Gasteiger partial charge in [-0.05, 0) is 25.0 Å². The maximum Gasteiger partial charge on any atom is 0.311 e. The Balaban J connectivity index is 1.57. The van der Waals surface area contributed by atoms with E-state index in [0.717, 1.165) is 23.0 Å². The number of aryl methyl sites for hydroxylation is 1. The van der Waals surface area contributed by atoms with Gasteiger partial charge >= 0.3 is 5.97 Å². The summed E-state index contributed by atoms with van der Waals surface area (Å²) < 4.78 is 7.62. The van der Waals surface area contributed by atoms with E-state index in [1.54, 1.807) is 4.90 Å². The summed E-state index contributed by atoms with van der Waals surface area (Å²) in [7, 11) is 0. The van der Waals surface area contributed by atoms with Crippen molar-refractivity contribution in [1.82, 2.24) is 9.47 Å². The second-order valence-corrected chi connectivity index (χ2v) is 7.39. The number of nitrogens with zero attached hydrogens (tertiary/aromatic N) is 2. The van der Waals surface area contributed by atoms with Gasteiger partial charge in [-0.3, -0.25) is 9.59 Å². The van der Waals surface area contributed by atoms with Crippen LogP contribution in [-0.4, -0.2) is 52.8 Å². The van der Waals surface area contributed by atoms with Crippen molar-refractivity contribution in [3.05, 3.63) is 36.0 Å². The molecule has 0 bridgehead atoms. The SMILES string of the molecule is CCn1cc(CC(=O)N2C[C@H]3COCC[C@@]3(C(=O)O)C2)c2ccccc21. The third-order valence-corrected chi connectivity index (χ3v) is 6.04. The van der Waals surface area contributed by atoms with E-state index in [0.29, 0.717) is 39.1 Å². The first-order chi connectivity index (χ1) is 12.5. The Morgan fingerprint density at radius 2 is 2.15 bits per heavy atom. The topological polar surface area (TPSA) is 71.8 Å². The van der Waals surface area contributed by atoms with E-state index in [2.05, 4.69) is 17.6 Å². The number of benzene rings is 1. The molecule has 1 amide bonds. The highest BCUT2D eigenvalue weighted by atomic mass is 16.5. The zero-order valence-electron chi connectivity index (χ0n) is 15.0. The fourth-order valence-corrected chi connectivity index (χ4v) is 4.49. The maximum atomic E-state index is 12.9. The Bertz CT molecular complexity index is 859. The van der Waals surface area contributed by atoms with Gasteiger partial charge in [0.2, 0.25) is 5.91 Å². The van der Waals surface area contributed by atoms with E-state index in [9.17, 15) is 14.7 Å². The monoisotopic (exact) mass is 356 g/mol. The summed E-state index contributed by atoms with van der Waals surface area (Å²) in [4.78, 5) is 26.6. The van der Waals surface area contributed by atoms with Crippen molar-refractivity contribution in [2.24, 2.45) is 11.3 Å². The first-order valence-corrected chi connectivity index (χ1v) is 9.21. The highest BCUT2D eigenvalue weighted by Crippen LogP contribution is 2.42. The number of carbonyl (C=O) groups is 2. The number of carboxylic acid groups (broad SMARTS) is 1. The number of amides is 1. The summed E-state index contributed by atoms with van der Waals surface area (Å²) in [5.41, 5.74) is 1.29. The molecule has 2 saturated heterocycles. The summed E-state index contributed by atoms with van der Waals surface area (Å²) in [5.74, 6) is -0.919. The predicted octanol–water partition coefficient (Wildman–Crippen LogP) is 2.15. The van der Waals surface area contributed by atoms with Gasteiger partial charge in [0.25, 0.3) is 0 Å². The van der Waals surface area contributed by atoms with Crippen molar-refractivity contribution in [2.45, 2.75) is 26.3 Å². The van der Waals surface area contributed by atoms with Crippen LogP contribution in [0.2, 0.25) is 0 Å². The first kappa shape index (κ1) is 17.1. The van der Waals surface area contributed by atoms with Gasteiger partial charge in [-0.25, -0.2) is 0 Å². The number of aliphatic carboxylic acids is 1. The number of ether oxygens (including phenoxy) is 1. The van der Waals surface area contributed by atoms with Crippen molar-refractivity contribution in [2.75, 3.05) is 26.3 Å². The van der Waals surface area contributed by atoms with Crippen molar-refractivity contribution in [3.8, 4) is 0 Å². The fraction of sp³-hybridized carbons (Fsp3) is 0.500. The molecule has 0 radical (unpaired) electrons. The fourth-order valence-electron chi connectivity index (χ4n) is 4.49. The summed E-state index contributed by atoms with van der Waals surface area (Å²) in [6, 6.07) is 8.09. The summed E-state index contributed by atoms with van der Waals surface area (Å²) in [5, 5.41) is 10.9. The molecule has 1 aromatic carbocycles. The van der Waals surface area contributed by atoms with Crippen molar-refractivity contribution in [3.63, 3.8) is 0 Å². The smallest absolute Gasteiger partial charge is 0.311 e. The van der Waals surface area contributed by atoms with Crippen LogP contribution in [0.5, 0.6) is 0 Å². The van der Waals surface area contributed by atoms with Gasteiger partial charge in [0, 0.05) is 49.3 Å². The highest BCUT2D eigenvalue weighted by molar-refractivity contribution is 5.90. The van der Waals surface area contributed by atoms with E-state index in [4.69, 9.17) is 4.74 Å². The molecule has 138 valence electrons. The van der Waals surface area contributed by atoms with Gasteiger partial charge in [-0.1, -0.05) is 18.2 Å². The number of likely N-dealkylation sites (tertiary alicyclic amines) is 1. The molecule has 2 aromatic rings. The first-order valence-electron chi connectivity index (χ1n) is 9.21. The van der Waals surface area contributed by atoms with Crippen molar-refractivity contribution >= 4 is 22.8 Å². The average molecular weight is 356 g/mol. The molecule has 2 fully saturated rings. The summed E-state index contributed by atoms with van der Waals surface area (Å²) in [6.07, 6.45) is 2.82. The quantitative estimate of drug-likeness (QED) is 0.911. The molecule has 6 heteroatoms. The standard InChI is InChI=1S/C20H24N2O4/c1-2-21-10-14(16-5-3-4-6-17(16)21)9-18(23)22-11-15-12-26-8-7-20(15,13-22)19(24)25/h3-6,10,15H,2,7-9,11-13H2,1H3,(H,24,25)/t15-,20+/m0/s1. The Kier molecular flexibility index (Phi) is 4.23. The van der Waals surface area contributed by atoms with E-state index >= 15 is 0 Å². The number of fused-ring (bicyclic) bond motifs is 2. The van der Waals surface area contributed by atoms with Gasteiger partial charge in [0.1, 0.15) is 0 Å². The molecule has 3 heterocycles. The Morgan fingerprint density at radius 1 is 1.35 bits per heavy atom. The van der Waals surface area contributed by atoms with Crippen LogP contribution in [0.4, 0.5) is 0 Å². The number of carbonyl (C=O) groups excluding carboxylic acids is 1. The summed E-state index contributed by atoms with van der Waals surface area (Å²) >= 11 is 0. The van der Waals surface area contributed by atoms with Crippen LogP contribution in [-0.2, 0) is 27.3 Å². The van der Waals surface area contributed by atoms with Gasteiger partial charge in [0.05, 0.1) is 18.4 Å². The molecule has 0 unspecified atom stereocenters. The number of aromatic nitrogens is 1. The normalized spacial score (nSPS) is 25.4. The molecule has 0 saturated carbocycles. The molecule has 0 aliphatic carbocycles. The molecular formula is C20H24N2O4. The maximum absolute atomic E-state index is 12.9. The third kappa shape index (κ3) is 2.60. The molecule has 26 heavy (non-hydrogen) atoms. The third-order valence-electron chi connectivity index (χ3n) is 6.04. The van der Waals surface area contributed by atoms with E-state index in [-0.39, 0.29) is 11.8 Å². The number of para-hydroxylation sites is 1. The van der Waals surface area contributed by atoms with E-state index < -0.39 is 11.4 Å². The van der Waals surface area contributed by atoms with Crippen LogP contribution in [0.1, 0.15) is 18.9 Å². The minimum absolute atomic E-state index is 0.000897. The lowest BCUT2D eigenvalue weighted by atomic mass is 9.74. The lowest BCUT2D eigenvalue weighted by Gasteiger charge is -2.33. The van der Waals surface area contributed by atoms with Gasteiger partial charge in [-0.15, -0.1) is 0 Å². The number of hydrogen-bond acceptors (Lipinski definition) is 3. The molecular weight excluding hydrogens is 332 g/mol. The lowest BCUT2D eigenvalue weighted by molar-refractivity contribution is -0.157. The zero-order valence-corrected chi connectivity index (χ0v) is 15.0. The van der Waals surface area contributed by atoms with Crippen molar-refractivity contribution in [1.29, 1.82) is 0 Å². The predicted molar refractivity (Wildman–Crippen MR) is 96.9 cm³/mol. The number of rotatable bonds is 4. The van der Waals surface area contributed by atoms with Crippen LogP contribution in [0.25, 0.3) is 10.9 Å². The Hall–Kier alpha value is -2.34. The Morgan fingerprint density at radius 3 is 2.88 bits per heavy atom. The molecule has 4 rings (SSSR count). The highest BCUT2D eigenvalue weighted by Gasteiger charge is 2.54. The van der Waals surface area contributed by atoms with Crippen LogP contribution >= 0.6 is 0 Å². The Labute approximate surface area is 152 Å². The largest absolute Gasteiger partial charge is 0.481 e. The van der Waals surface area contributed by atoms with E-state index in [1.807, 2.05) is 24.4 Å². The lowest BCUT2D eigenvalue weighted by Crippen LogP contribution is -2.45. The van der Waals surface area contributed by atoms with Gasteiger partial charge < -0.3 is 19.3 Å². The number of hydrogen-bond donors (Lipinski definition) is 1. The van der Waals surface area contributed by atoms with Gasteiger partial charge in [-0.2, -0.15) is 0 Å². The number of carboxylic acids is 1. The van der Waals surface area contributed by atoms with Crippen LogP contribution in [0.3, 0.4) is 0 Å². The molecule has 0 spiro atoms. The molecule has 2 aliphatic heterocycles. The second-order valence-electron chi connectivity index (χ2n) is 7.39. The van der Waals surface area contributed by atoms with Crippen LogP contribution < -0.4 is 0 Å². The zero-order chi connectivity index (χ0) is 18.3. The average Bonchev–Trinajstić information content (AvgIpc) is 3.21. The second kappa shape index (κ2) is 6.43. The minimum atomic E-state index is -0.842. The molecule has 2 atom stereocenters. The van der Waals surface area contributed by atoms with Gasteiger partial charge in [0.15, 0.2) is 0 Å². The summed E-state index contributed by atoms with van der Waals surface area (Å²) in [6.45, 7) is 4.57. The van der Waals surface area contributed by atoms with Crippen LogP contribution in [0.15, 0.2) is 30.5 Å². The minimum Gasteiger partial charge on any atom is -0.481 e. The molecule has 1 aromatic heterocycles. The van der Waals surface area contributed by atoms with Crippen molar-refractivity contribution < 1.29 is 19.4 Å². The molecule has 1 N–H and O–H groups in total.